The first-order chi connectivity index (χ1) is 7.48. The van der Waals surface area contributed by atoms with Gasteiger partial charge in [0.05, 0.1) is 17.2 Å². The van der Waals surface area contributed by atoms with Crippen molar-refractivity contribution in [1.82, 2.24) is 9.78 Å². The number of aryl methyl sites for hydroxylation is 1. The standard InChI is InChI=1S/C9H16N4O2S/c1-12-7-8(10)9(11-12)13-3-2-5-16(14,15)6-4-13/h7H,2-6,10H2,1H3. The maximum atomic E-state index is 11.5. The number of nitrogen functional groups attached to an aromatic ring is 1. The Kier molecular flexibility index (Phi) is 2.79. The van der Waals surface area contributed by atoms with E-state index in [0.29, 0.717) is 31.0 Å². The summed E-state index contributed by atoms with van der Waals surface area (Å²) < 4.78 is 24.6. The van der Waals surface area contributed by atoms with Gasteiger partial charge in [-0.15, -0.1) is 0 Å². The number of aromatic nitrogens is 2. The fourth-order valence-electron chi connectivity index (χ4n) is 1.89. The van der Waals surface area contributed by atoms with E-state index in [9.17, 15) is 8.42 Å². The molecule has 16 heavy (non-hydrogen) atoms. The van der Waals surface area contributed by atoms with Crippen molar-refractivity contribution in [2.45, 2.75) is 6.42 Å². The smallest absolute Gasteiger partial charge is 0.173 e. The van der Waals surface area contributed by atoms with Crippen molar-refractivity contribution in [2.24, 2.45) is 7.05 Å². The first kappa shape index (κ1) is 11.3. The molecule has 1 aliphatic heterocycles. The zero-order chi connectivity index (χ0) is 11.8. The SMILES string of the molecule is Cn1cc(N)c(N2CCCS(=O)(=O)CC2)n1. The van der Waals surface area contributed by atoms with Crippen molar-refractivity contribution in [1.29, 1.82) is 0 Å². The molecule has 0 aromatic carbocycles. The molecule has 1 aliphatic rings. The van der Waals surface area contributed by atoms with E-state index in [1.54, 1.807) is 17.9 Å². The van der Waals surface area contributed by atoms with E-state index in [-0.39, 0.29) is 11.5 Å². The molecule has 0 unspecified atom stereocenters. The zero-order valence-electron chi connectivity index (χ0n) is 9.26. The zero-order valence-corrected chi connectivity index (χ0v) is 10.1. The third kappa shape index (κ3) is 2.29. The van der Waals surface area contributed by atoms with E-state index >= 15 is 0 Å². The normalized spacial score (nSPS) is 20.7. The average molecular weight is 244 g/mol. The van der Waals surface area contributed by atoms with Gasteiger partial charge in [0.2, 0.25) is 0 Å². The van der Waals surface area contributed by atoms with Crippen LogP contribution >= 0.6 is 0 Å². The maximum Gasteiger partial charge on any atom is 0.173 e. The minimum Gasteiger partial charge on any atom is -0.394 e. The molecule has 1 saturated heterocycles. The van der Waals surface area contributed by atoms with Crippen LogP contribution in [0.1, 0.15) is 6.42 Å². The largest absolute Gasteiger partial charge is 0.394 e. The summed E-state index contributed by atoms with van der Waals surface area (Å²) in [6.07, 6.45) is 2.37. The minimum atomic E-state index is -2.88. The van der Waals surface area contributed by atoms with Crippen molar-refractivity contribution >= 4 is 21.3 Å². The maximum absolute atomic E-state index is 11.5. The van der Waals surface area contributed by atoms with E-state index in [4.69, 9.17) is 5.73 Å². The van der Waals surface area contributed by atoms with Gasteiger partial charge < -0.3 is 10.6 Å². The number of sulfone groups is 1. The molecule has 90 valence electrons. The van der Waals surface area contributed by atoms with Gasteiger partial charge in [0, 0.05) is 26.3 Å². The van der Waals surface area contributed by atoms with Crippen molar-refractivity contribution in [3.8, 4) is 0 Å². The molecule has 1 aromatic rings. The second-order valence-electron chi connectivity index (χ2n) is 4.07. The summed E-state index contributed by atoms with van der Waals surface area (Å²) in [5.41, 5.74) is 6.42. The van der Waals surface area contributed by atoms with Crippen LogP contribution in [0.3, 0.4) is 0 Å². The molecule has 6 nitrogen and oxygen atoms in total. The van der Waals surface area contributed by atoms with Crippen LogP contribution < -0.4 is 10.6 Å². The van der Waals surface area contributed by atoms with Crippen LogP contribution in [0.15, 0.2) is 6.20 Å². The van der Waals surface area contributed by atoms with Crippen LogP contribution in [-0.2, 0) is 16.9 Å². The minimum absolute atomic E-state index is 0.184. The number of hydrogen-bond acceptors (Lipinski definition) is 5. The van der Waals surface area contributed by atoms with E-state index in [1.807, 2.05) is 4.90 Å². The summed E-state index contributed by atoms with van der Waals surface area (Å²) in [5.74, 6) is 1.14. The molecule has 0 spiro atoms. The molecule has 0 radical (unpaired) electrons. The fourth-order valence-corrected chi connectivity index (χ4v) is 3.16. The monoisotopic (exact) mass is 244 g/mol. The Labute approximate surface area is 94.9 Å². The van der Waals surface area contributed by atoms with Gasteiger partial charge >= 0.3 is 0 Å². The highest BCUT2D eigenvalue weighted by Gasteiger charge is 2.21. The Morgan fingerprint density at radius 1 is 1.38 bits per heavy atom. The molecule has 2 N–H and O–H groups in total. The van der Waals surface area contributed by atoms with Crippen LogP contribution in [0, 0.1) is 0 Å². The molecule has 0 atom stereocenters. The first-order valence-electron chi connectivity index (χ1n) is 5.22. The van der Waals surface area contributed by atoms with Gasteiger partial charge in [-0.25, -0.2) is 8.42 Å². The fraction of sp³-hybridized carbons (Fsp3) is 0.667. The molecular formula is C9H16N4O2S. The molecule has 0 amide bonds. The molecule has 2 heterocycles. The Morgan fingerprint density at radius 2 is 2.12 bits per heavy atom. The Balaban J connectivity index is 2.20. The van der Waals surface area contributed by atoms with Crippen molar-refractivity contribution in [2.75, 3.05) is 35.2 Å². The molecule has 2 rings (SSSR count). The molecule has 0 saturated carbocycles. The van der Waals surface area contributed by atoms with Crippen molar-refractivity contribution in [3.05, 3.63) is 6.20 Å². The second-order valence-corrected chi connectivity index (χ2v) is 6.38. The van der Waals surface area contributed by atoms with E-state index in [1.165, 1.54) is 0 Å². The summed E-state index contributed by atoms with van der Waals surface area (Å²) in [5, 5.41) is 4.25. The third-order valence-corrected chi connectivity index (χ3v) is 4.41. The topological polar surface area (TPSA) is 81.2 Å². The van der Waals surface area contributed by atoms with Gasteiger partial charge in [-0.2, -0.15) is 5.10 Å². The Hall–Kier alpha value is -1.24. The number of rotatable bonds is 1. The lowest BCUT2D eigenvalue weighted by atomic mass is 10.4. The van der Waals surface area contributed by atoms with Gasteiger partial charge in [0.25, 0.3) is 0 Å². The lowest BCUT2D eigenvalue weighted by Crippen LogP contribution is -2.27. The number of anilines is 2. The molecule has 0 bridgehead atoms. The van der Waals surface area contributed by atoms with Gasteiger partial charge in [-0.3, -0.25) is 4.68 Å². The van der Waals surface area contributed by atoms with Crippen molar-refractivity contribution in [3.63, 3.8) is 0 Å². The average Bonchev–Trinajstić information content (AvgIpc) is 2.41. The lowest BCUT2D eigenvalue weighted by molar-refractivity contribution is 0.597. The quantitative estimate of drug-likeness (QED) is 0.728. The van der Waals surface area contributed by atoms with Crippen LogP contribution in [0.25, 0.3) is 0 Å². The van der Waals surface area contributed by atoms with Gasteiger partial charge in [-0.05, 0) is 6.42 Å². The number of nitrogens with two attached hydrogens (primary N) is 1. The highest BCUT2D eigenvalue weighted by Crippen LogP contribution is 2.21. The summed E-state index contributed by atoms with van der Waals surface area (Å²) >= 11 is 0. The van der Waals surface area contributed by atoms with Crippen LogP contribution in [0.4, 0.5) is 11.5 Å². The van der Waals surface area contributed by atoms with Crippen LogP contribution in [0.2, 0.25) is 0 Å². The summed E-state index contributed by atoms with van der Waals surface area (Å²) in [6, 6.07) is 0. The van der Waals surface area contributed by atoms with Gasteiger partial charge in [0.1, 0.15) is 0 Å². The third-order valence-electron chi connectivity index (χ3n) is 2.69. The Bertz CT molecular complexity index is 480. The number of hydrogen-bond donors (Lipinski definition) is 1. The van der Waals surface area contributed by atoms with Crippen LogP contribution in [0.5, 0.6) is 0 Å². The highest BCUT2D eigenvalue weighted by atomic mass is 32.2. The summed E-state index contributed by atoms with van der Waals surface area (Å²) in [4.78, 5) is 1.94. The van der Waals surface area contributed by atoms with Crippen LogP contribution in [-0.4, -0.2) is 42.8 Å². The van der Waals surface area contributed by atoms with E-state index in [0.717, 1.165) is 0 Å². The molecule has 0 aliphatic carbocycles. The molecule has 1 fully saturated rings. The predicted molar refractivity (Wildman–Crippen MR) is 63.1 cm³/mol. The number of nitrogens with zero attached hydrogens (tertiary/aromatic N) is 3. The predicted octanol–water partition coefficient (Wildman–Crippen LogP) is -0.373. The van der Waals surface area contributed by atoms with Gasteiger partial charge in [0.15, 0.2) is 15.7 Å². The van der Waals surface area contributed by atoms with E-state index in [2.05, 4.69) is 5.10 Å². The molecule has 7 heteroatoms. The molecule has 1 aromatic heterocycles. The highest BCUT2D eigenvalue weighted by molar-refractivity contribution is 7.91. The van der Waals surface area contributed by atoms with E-state index < -0.39 is 9.84 Å². The lowest BCUT2D eigenvalue weighted by Gasteiger charge is -2.19. The summed E-state index contributed by atoms with van der Waals surface area (Å²) in [6.45, 7) is 1.17. The van der Waals surface area contributed by atoms with Crippen molar-refractivity contribution < 1.29 is 8.42 Å². The summed E-state index contributed by atoms with van der Waals surface area (Å²) in [7, 11) is -1.08. The van der Waals surface area contributed by atoms with Gasteiger partial charge in [-0.1, -0.05) is 0 Å². The Morgan fingerprint density at radius 3 is 2.75 bits per heavy atom. The second kappa shape index (κ2) is 3.97. The molecular weight excluding hydrogens is 228 g/mol. The first-order valence-corrected chi connectivity index (χ1v) is 7.04.